The normalized spacial score (nSPS) is 14.4. The average molecular weight is 1080 g/mol. The zero-order valence-corrected chi connectivity index (χ0v) is 44.7. The maximum absolute atomic E-state index is 8.98. The molecule has 8 aromatic rings. The third-order valence-electron chi connectivity index (χ3n) is 11.2. The van der Waals surface area contributed by atoms with E-state index in [1.165, 1.54) is 16.9 Å². The largest absolute Gasteiger partial charge is 0.501 e. The molecular formula is C59H68IrN2OSi2-2. The molecule has 0 aliphatic carbocycles. The van der Waals surface area contributed by atoms with Crippen molar-refractivity contribution in [2.75, 3.05) is 0 Å². The minimum atomic E-state index is -2.34. The van der Waals surface area contributed by atoms with Crippen molar-refractivity contribution in [1.82, 2.24) is 9.97 Å². The summed E-state index contributed by atoms with van der Waals surface area (Å²) in [6, 6.07) is 42.6. The van der Waals surface area contributed by atoms with Crippen LogP contribution in [0.1, 0.15) is 97.7 Å². The van der Waals surface area contributed by atoms with Crippen molar-refractivity contribution in [3.63, 3.8) is 0 Å². The number of rotatable bonds is 10. The zero-order chi connectivity index (χ0) is 52.2. The fourth-order valence-corrected chi connectivity index (χ4v) is 10.3. The molecule has 0 bridgehead atoms. The topological polar surface area (TPSA) is 38.9 Å². The summed E-state index contributed by atoms with van der Waals surface area (Å²) in [5, 5.41) is 3.50. The summed E-state index contributed by atoms with van der Waals surface area (Å²) in [7, 11) is -3.54. The molecule has 0 fully saturated rings. The molecule has 0 atom stereocenters. The number of hydrogen-bond donors (Lipinski definition) is 0. The SMILES string of the molecule is [2H]C([2H])([2H])c1cnc(-c2[c-]cccc2)cc1-c1c(C(C)C)cc(C([2H])([2H])[Si](C)(C)C)cc1C(C)C.[2H]C([2H])(c1ccnc(-c2[c-]ccc3c2oc2cc(-c4ccc([Si](C)(C)C)cc4)ccc23)c1)C(C)(C)C.[Ir]. The van der Waals surface area contributed by atoms with Crippen molar-refractivity contribution in [3.8, 4) is 44.8 Å². The van der Waals surface area contributed by atoms with Gasteiger partial charge in [-0.3, -0.25) is 0 Å². The molecule has 0 aliphatic heterocycles. The first kappa shape index (κ1) is 40.5. The van der Waals surface area contributed by atoms with E-state index in [0.29, 0.717) is 28.1 Å². The molecule has 0 aliphatic rings. The summed E-state index contributed by atoms with van der Waals surface area (Å²) in [6.07, 6.45) is 1.64. The van der Waals surface area contributed by atoms with Gasteiger partial charge in [-0.1, -0.05) is 176 Å². The minimum Gasteiger partial charge on any atom is -0.501 e. The van der Waals surface area contributed by atoms with E-state index in [-0.39, 0.29) is 37.5 Å². The molecule has 0 saturated heterocycles. The van der Waals surface area contributed by atoms with Crippen molar-refractivity contribution < 1.29 is 34.1 Å². The molecule has 0 spiro atoms. The molecule has 65 heavy (non-hydrogen) atoms. The maximum atomic E-state index is 8.98. The van der Waals surface area contributed by atoms with Gasteiger partial charge in [0.1, 0.15) is 5.58 Å². The second-order valence-corrected chi connectivity index (χ2v) is 30.5. The smallest absolute Gasteiger partial charge is 0.121 e. The van der Waals surface area contributed by atoms with E-state index < -0.39 is 40.8 Å². The van der Waals surface area contributed by atoms with Crippen molar-refractivity contribution in [3.05, 3.63) is 162 Å². The Morgan fingerprint density at radius 1 is 0.708 bits per heavy atom. The van der Waals surface area contributed by atoms with Crippen LogP contribution in [0.2, 0.25) is 39.3 Å². The molecular weight excluding hydrogens is 1000 g/mol. The number of benzene rings is 5. The monoisotopic (exact) mass is 1080 g/mol. The van der Waals surface area contributed by atoms with Crippen molar-refractivity contribution in [1.29, 1.82) is 0 Å². The average Bonchev–Trinajstić information content (AvgIpc) is 3.68. The maximum Gasteiger partial charge on any atom is 0.121 e. The van der Waals surface area contributed by atoms with Gasteiger partial charge in [0.05, 0.1) is 13.7 Å². The van der Waals surface area contributed by atoms with Gasteiger partial charge in [0.25, 0.3) is 0 Å². The number of nitrogens with zero attached hydrogens (tertiary/aromatic N) is 2. The number of hydrogen-bond acceptors (Lipinski definition) is 3. The third kappa shape index (κ3) is 12.0. The summed E-state index contributed by atoms with van der Waals surface area (Å²) in [4.78, 5) is 9.06. The first-order valence-electron chi connectivity index (χ1n) is 26.0. The third-order valence-corrected chi connectivity index (χ3v) is 14.3. The van der Waals surface area contributed by atoms with Gasteiger partial charge in [-0.2, -0.15) is 0 Å². The molecule has 1 radical (unpaired) electrons. The Bertz CT molecular complexity index is 3170. The van der Waals surface area contributed by atoms with Gasteiger partial charge in [-0.05, 0) is 98.9 Å². The fraction of sp³-hybridized carbons (Fsp3) is 0.322. The van der Waals surface area contributed by atoms with E-state index in [4.69, 9.17) is 14.0 Å². The van der Waals surface area contributed by atoms with Gasteiger partial charge in [-0.15, -0.1) is 54.1 Å². The Balaban J connectivity index is 0.000000232. The number of fused-ring (bicyclic) bond motifs is 3. The molecule has 6 heteroatoms. The van der Waals surface area contributed by atoms with Crippen molar-refractivity contribution >= 4 is 43.3 Å². The fourth-order valence-electron chi connectivity index (χ4n) is 8.13. The number of aryl methyl sites for hydroxylation is 1. The number of aromatic nitrogens is 2. The molecule has 0 saturated carbocycles. The minimum absolute atomic E-state index is 0. The molecule has 0 N–H and O–H groups in total. The second kappa shape index (κ2) is 20.0. The summed E-state index contributed by atoms with van der Waals surface area (Å²) >= 11 is 0. The van der Waals surface area contributed by atoms with Gasteiger partial charge in [0.2, 0.25) is 0 Å². The van der Waals surface area contributed by atoms with Crippen LogP contribution in [0.4, 0.5) is 0 Å². The molecule has 3 aromatic heterocycles. The van der Waals surface area contributed by atoms with Gasteiger partial charge in [0, 0.05) is 55.6 Å². The van der Waals surface area contributed by atoms with Crippen LogP contribution in [-0.2, 0) is 32.5 Å². The quantitative estimate of drug-likeness (QED) is 0.101. The zero-order valence-electron chi connectivity index (χ0n) is 47.3. The standard InChI is InChI=1S/C31H32NOSi.C28H36NSi.Ir/c1-31(2,3)20-21-16-17-32-28(18-21)27-9-7-8-26-25-15-12-23(19-29(25)33-30(26)27)22-10-13-24(14-11-22)34(4,5)6;1-19(2)24-14-22(18-30(6,7)8)15-25(20(3)4)28(24)26-16-27(29-17-21(26)5)23-12-10-9-11-13-23;/h7-8,10-19H,20H2,1-6H3;9-12,14-17,19-20H,18H2,1-8H3;/q2*-1;/i20D2;5D3,18D2;. The Hall–Kier alpha value is -4.72. The predicted molar refractivity (Wildman–Crippen MR) is 281 cm³/mol. The van der Waals surface area contributed by atoms with Crippen LogP contribution in [0.3, 0.4) is 0 Å². The molecule has 3 heterocycles. The molecule has 339 valence electrons. The van der Waals surface area contributed by atoms with E-state index >= 15 is 0 Å². The first-order valence-corrected chi connectivity index (χ1v) is 29.5. The van der Waals surface area contributed by atoms with Crippen LogP contribution < -0.4 is 5.19 Å². The first-order chi connectivity index (χ1) is 32.9. The van der Waals surface area contributed by atoms with Gasteiger partial charge in [0.15, 0.2) is 0 Å². The van der Waals surface area contributed by atoms with E-state index in [0.717, 1.165) is 55.3 Å². The van der Waals surface area contributed by atoms with Crippen LogP contribution >= 0.6 is 0 Å². The summed E-state index contributed by atoms with van der Waals surface area (Å²) in [6.45, 7) is 24.9. The van der Waals surface area contributed by atoms with E-state index in [9.17, 15) is 0 Å². The van der Waals surface area contributed by atoms with Crippen molar-refractivity contribution in [2.45, 2.75) is 119 Å². The van der Waals surface area contributed by atoms with Crippen LogP contribution in [0.15, 0.2) is 126 Å². The Kier molecular flexibility index (Phi) is 12.5. The Morgan fingerprint density at radius 3 is 2.00 bits per heavy atom. The van der Waals surface area contributed by atoms with Crippen molar-refractivity contribution in [2.24, 2.45) is 5.41 Å². The van der Waals surface area contributed by atoms with Crippen LogP contribution in [-0.4, -0.2) is 26.1 Å². The van der Waals surface area contributed by atoms with E-state index in [1.54, 1.807) is 12.3 Å². The molecule has 0 amide bonds. The van der Waals surface area contributed by atoms with Gasteiger partial charge in [-0.25, -0.2) is 0 Å². The number of pyridine rings is 2. The van der Waals surface area contributed by atoms with E-state index in [2.05, 4.69) is 112 Å². The molecule has 8 rings (SSSR count). The van der Waals surface area contributed by atoms with Gasteiger partial charge < -0.3 is 14.4 Å². The summed E-state index contributed by atoms with van der Waals surface area (Å²) < 4.78 is 66.5. The predicted octanol–water partition coefficient (Wildman–Crippen LogP) is 16.4. The van der Waals surface area contributed by atoms with E-state index in [1.807, 2.05) is 101 Å². The van der Waals surface area contributed by atoms with Gasteiger partial charge >= 0.3 is 0 Å². The summed E-state index contributed by atoms with van der Waals surface area (Å²) in [5.41, 5.74) is 11.1. The van der Waals surface area contributed by atoms with Crippen LogP contribution in [0.25, 0.3) is 66.7 Å². The van der Waals surface area contributed by atoms with Crippen LogP contribution in [0, 0.1) is 24.4 Å². The molecule has 5 aromatic carbocycles. The number of furan rings is 1. The molecule has 0 unspecified atom stereocenters. The van der Waals surface area contributed by atoms with Crippen LogP contribution in [0.5, 0.6) is 0 Å². The summed E-state index contributed by atoms with van der Waals surface area (Å²) in [5.74, 6) is -1.28. The second-order valence-electron chi connectivity index (χ2n) is 20.6. The Labute approximate surface area is 415 Å². The Morgan fingerprint density at radius 2 is 1.40 bits per heavy atom. The molecule has 3 nitrogen and oxygen atoms in total.